The molecule has 176 valence electrons. The van der Waals surface area contributed by atoms with E-state index >= 15 is 0 Å². The first-order valence-electron chi connectivity index (χ1n) is 13.8. The molecule has 0 amide bonds. The highest BCUT2D eigenvalue weighted by atomic mass is 16.3. The van der Waals surface area contributed by atoms with Crippen molar-refractivity contribution >= 4 is 0 Å². The molecule has 1 heteroatoms. The van der Waals surface area contributed by atoms with Gasteiger partial charge in [0, 0.05) is 0 Å². The van der Waals surface area contributed by atoms with Gasteiger partial charge in [0.25, 0.3) is 0 Å². The van der Waals surface area contributed by atoms with E-state index in [9.17, 15) is 5.11 Å². The Balaban J connectivity index is 1.57. The van der Waals surface area contributed by atoms with Gasteiger partial charge in [0.1, 0.15) is 0 Å². The second-order valence-corrected chi connectivity index (χ2v) is 14.4. The van der Waals surface area contributed by atoms with Gasteiger partial charge in [0.15, 0.2) is 0 Å². The third-order valence-corrected chi connectivity index (χ3v) is 13.2. The molecule has 0 aromatic carbocycles. The Morgan fingerprint density at radius 1 is 0.839 bits per heavy atom. The van der Waals surface area contributed by atoms with Gasteiger partial charge in [-0.25, -0.2) is 0 Å². The molecular weight excluding hydrogens is 376 g/mol. The molecule has 0 saturated heterocycles. The standard InChI is InChI=1S/C30H50O/c1-18-17-19(2)21-11-15-29(7)22(26(21)20(18)3)9-10-24-28(6)14-13-25(31)27(4,5)23(28)12-16-30(24,29)8/h9,18-21,23-26,31H,10-17H2,1-8H3/t18-,19+,20-,21+,23+,24+,25+,26-,28+,29-,30+/m1/s1. The Morgan fingerprint density at radius 2 is 1.55 bits per heavy atom. The summed E-state index contributed by atoms with van der Waals surface area (Å²) >= 11 is 0. The largest absolute Gasteiger partial charge is 0.393 e. The number of allylic oxidation sites excluding steroid dienone is 2. The number of fused-ring (bicyclic) bond motifs is 7. The first kappa shape index (κ1) is 22.5. The molecule has 0 aromatic heterocycles. The molecule has 0 radical (unpaired) electrons. The van der Waals surface area contributed by atoms with Crippen LogP contribution in [0.25, 0.3) is 0 Å². The molecular formula is C30H50O. The average Bonchev–Trinajstić information content (AvgIpc) is 2.69. The summed E-state index contributed by atoms with van der Waals surface area (Å²) in [6.07, 6.45) is 13.1. The number of aliphatic hydroxyl groups is 1. The molecule has 0 heterocycles. The molecule has 4 fully saturated rings. The van der Waals surface area contributed by atoms with Crippen LogP contribution in [0.2, 0.25) is 0 Å². The van der Waals surface area contributed by atoms with E-state index in [1.807, 2.05) is 5.57 Å². The lowest BCUT2D eigenvalue weighted by atomic mass is 9.34. The highest BCUT2D eigenvalue weighted by molar-refractivity contribution is 5.32. The van der Waals surface area contributed by atoms with Crippen LogP contribution in [0.5, 0.6) is 0 Å². The summed E-state index contributed by atoms with van der Waals surface area (Å²) < 4.78 is 0. The summed E-state index contributed by atoms with van der Waals surface area (Å²) in [5.74, 6) is 5.75. The molecule has 11 atom stereocenters. The van der Waals surface area contributed by atoms with Crippen molar-refractivity contribution in [2.45, 2.75) is 113 Å². The smallest absolute Gasteiger partial charge is 0.0594 e. The highest BCUT2D eigenvalue weighted by Gasteiger charge is 2.67. The van der Waals surface area contributed by atoms with Crippen molar-refractivity contribution in [1.29, 1.82) is 0 Å². The van der Waals surface area contributed by atoms with Gasteiger partial charge in [-0.1, -0.05) is 67.0 Å². The fraction of sp³-hybridized carbons (Fsp3) is 0.933. The Morgan fingerprint density at radius 3 is 2.26 bits per heavy atom. The average molecular weight is 427 g/mol. The molecule has 1 nitrogen and oxygen atoms in total. The molecule has 0 bridgehead atoms. The minimum atomic E-state index is -0.123. The van der Waals surface area contributed by atoms with E-state index < -0.39 is 0 Å². The lowest BCUT2D eigenvalue weighted by Gasteiger charge is -2.71. The maximum atomic E-state index is 10.9. The van der Waals surface area contributed by atoms with Gasteiger partial charge < -0.3 is 5.11 Å². The summed E-state index contributed by atoms with van der Waals surface area (Å²) in [6.45, 7) is 20.4. The van der Waals surface area contributed by atoms with Crippen LogP contribution in [-0.2, 0) is 0 Å². The molecule has 5 aliphatic carbocycles. The second-order valence-electron chi connectivity index (χ2n) is 14.4. The number of rotatable bonds is 0. The van der Waals surface area contributed by atoms with Gasteiger partial charge in [0.05, 0.1) is 6.10 Å². The zero-order valence-electron chi connectivity index (χ0n) is 21.8. The van der Waals surface area contributed by atoms with E-state index in [1.165, 1.54) is 44.9 Å². The molecule has 0 aliphatic heterocycles. The van der Waals surface area contributed by atoms with Crippen LogP contribution < -0.4 is 0 Å². The van der Waals surface area contributed by atoms with Crippen LogP contribution in [0.3, 0.4) is 0 Å². The summed E-state index contributed by atoms with van der Waals surface area (Å²) in [7, 11) is 0. The Bertz CT molecular complexity index is 764. The van der Waals surface area contributed by atoms with E-state index in [4.69, 9.17) is 0 Å². The molecule has 0 unspecified atom stereocenters. The van der Waals surface area contributed by atoms with Crippen LogP contribution in [0.4, 0.5) is 0 Å². The van der Waals surface area contributed by atoms with E-state index in [0.717, 1.165) is 41.9 Å². The van der Waals surface area contributed by atoms with Crippen molar-refractivity contribution in [3.05, 3.63) is 11.6 Å². The third kappa shape index (κ3) is 2.71. The topological polar surface area (TPSA) is 20.2 Å². The molecule has 31 heavy (non-hydrogen) atoms. The van der Waals surface area contributed by atoms with Crippen molar-refractivity contribution in [1.82, 2.24) is 0 Å². The normalized spacial score (nSPS) is 58.3. The van der Waals surface area contributed by atoms with Crippen molar-refractivity contribution < 1.29 is 5.11 Å². The lowest BCUT2D eigenvalue weighted by Crippen LogP contribution is -2.64. The Hall–Kier alpha value is -0.300. The molecule has 5 rings (SSSR count). The van der Waals surface area contributed by atoms with Gasteiger partial charge in [0.2, 0.25) is 0 Å². The van der Waals surface area contributed by atoms with Crippen LogP contribution in [-0.4, -0.2) is 11.2 Å². The van der Waals surface area contributed by atoms with Gasteiger partial charge in [-0.2, -0.15) is 0 Å². The molecule has 1 N–H and O–H groups in total. The zero-order valence-corrected chi connectivity index (χ0v) is 21.8. The van der Waals surface area contributed by atoms with Crippen molar-refractivity contribution in [3.8, 4) is 0 Å². The first-order chi connectivity index (χ1) is 14.4. The third-order valence-electron chi connectivity index (χ3n) is 13.2. The van der Waals surface area contributed by atoms with E-state index in [-0.39, 0.29) is 11.5 Å². The molecule has 5 aliphatic rings. The minimum Gasteiger partial charge on any atom is -0.393 e. The predicted octanol–water partition coefficient (Wildman–Crippen LogP) is 7.88. The van der Waals surface area contributed by atoms with Gasteiger partial charge in [-0.15, -0.1) is 0 Å². The zero-order chi connectivity index (χ0) is 22.6. The maximum Gasteiger partial charge on any atom is 0.0594 e. The lowest BCUT2D eigenvalue weighted by molar-refractivity contribution is -0.201. The summed E-state index contributed by atoms with van der Waals surface area (Å²) in [5, 5.41) is 10.9. The summed E-state index contributed by atoms with van der Waals surface area (Å²) in [4.78, 5) is 0. The molecule has 0 spiro atoms. The highest BCUT2D eigenvalue weighted by Crippen LogP contribution is 2.74. The van der Waals surface area contributed by atoms with Crippen LogP contribution in [0.1, 0.15) is 107 Å². The first-order valence-corrected chi connectivity index (χ1v) is 13.8. The van der Waals surface area contributed by atoms with E-state index in [1.54, 1.807) is 0 Å². The SMILES string of the molecule is C[C@H]1[C@H]2C3=CC[C@H]4[C@@]5(C)CC[C@H](O)C(C)(C)[C@@H]5CC[C@]4(C)[C@]3(C)CC[C@H]2[C@@H](C)C[C@H]1C. The second kappa shape index (κ2) is 6.86. The minimum absolute atomic E-state index is 0.0552. The monoisotopic (exact) mass is 426 g/mol. The number of hydrogen-bond donors (Lipinski definition) is 1. The fourth-order valence-corrected chi connectivity index (χ4v) is 11.0. The number of aliphatic hydroxyl groups excluding tert-OH is 1. The quantitative estimate of drug-likeness (QED) is 0.390. The maximum absolute atomic E-state index is 10.9. The van der Waals surface area contributed by atoms with E-state index in [2.05, 4.69) is 61.5 Å². The van der Waals surface area contributed by atoms with Crippen molar-refractivity contribution in [2.75, 3.05) is 0 Å². The predicted molar refractivity (Wildman–Crippen MR) is 131 cm³/mol. The van der Waals surface area contributed by atoms with Gasteiger partial charge in [-0.05, 0) is 114 Å². The fourth-order valence-electron chi connectivity index (χ4n) is 11.0. The van der Waals surface area contributed by atoms with Crippen LogP contribution in [0, 0.1) is 63.1 Å². The Labute approximate surface area is 192 Å². The van der Waals surface area contributed by atoms with Crippen molar-refractivity contribution in [3.63, 3.8) is 0 Å². The van der Waals surface area contributed by atoms with Crippen LogP contribution in [0.15, 0.2) is 11.6 Å². The summed E-state index contributed by atoms with van der Waals surface area (Å²) in [6, 6.07) is 0. The van der Waals surface area contributed by atoms with Gasteiger partial charge in [-0.3, -0.25) is 0 Å². The molecule has 0 aromatic rings. The van der Waals surface area contributed by atoms with E-state index in [0.29, 0.717) is 22.2 Å². The Kier molecular flexibility index (Phi) is 4.98. The van der Waals surface area contributed by atoms with Crippen molar-refractivity contribution in [2.24, 2.45) is 63.1 Å². The van der Waals surface area contributed by atoms with Gasteiger partial charge >= 0.3 is 0 Å². The molecule has 4 saturated carbocycles. The summed E-state index contributed by atoms with van der Waals surface area (Å²) in [5.41, 5.74) is 3.10. The van der Waals surface area contributed by atoms with Crippen LogP contribution >= 0.6 is 0 Å². The number of hydrogen-bond acceptors (Lipinski definition) is 1.